The van der Waals surface area contributed by atoms with Gasteiger partial charge in [0, 0.05) is 17.1 Å². The summed E-state index contributed by atoms with van der Waals surface area (Å²) in [5.41, 5.74) is 6.15. The molecule has 0 amide bonds. The van der Waals surface area contributed by atoms with Crippen LogP contribution in [0.15, 0.2) is 27.6 Å². The van der Waals surface area contributed by atoms with E-state index in [1.807, 2.05) is 6.92 Å². The van der Waals surface area contributed by atoms with E-state index in [0.29, 0.717) is 18.2 Å². The van der Waals surface area contributed by atoms with Gasteiger partial charge in [0.05, 0.1) is 5.69 Å². The molecule has 2 atom stereocenters. The Morgan fingerprint density at radius 2 is 2.00 bits per heavy atom. The van der Waals surface area contributed by atoms with E-state index in [2.05, 4.69) is 22.9 Å². The van der Waals surface area contributed by atoms with Crippen LogP contribution in [0.3, 0.4) is 0 Å². The minimum Gasteiger partial charge on any atom is -0.398 e. The van der Waals surface area contributed by atoms with Gasteiger partial charge in [-0.1, -0.05) is 22.9 Å². The van der Waals surface area contributed by atoms with Crippen LogP contribution >= 0.6 is 15.9 Å². The number of sulfonamides is 1. The van der Waals surface area contributed by atoms with Crippen molar-refractivity contribution in [3.8, 4) is 0 Å². The number of hydrogen-bond acceptors (Lipinski definition) is 3. The number of hydrogen-bond donors (Lipinski definition) is 1. The molecular formula is C13H19BrN2O2S. The van der Waals surface area contributed by atoms with E-state index in [1.165, 1.54) is 0 Å². The number of benzene rings is 1. The highest BCUT2D eigenvalue weighted by molar-refractivity contribution is 9.10. The predicted octanol–water partition coefficient (Wildman–Crippen LogP) is 2.84. The minimum absolute atomic E-state index is 0.0317. The highest BCUT2D eigenvalue weighted by Gasteiger charge is 2.34. The van der Waals surface area contributed by atoms with E-state index in [0.717, 1.165) is 17.3 Å². The van der Waals surface area contributed by atoms with Gasteiger partial charge in [-0.15, -0.1) is 0 Å². The van der Waals surface area contributed by atoms with Crippen LogP contribution in [0.4, 0.5) is 5.69 Å². The number of nitrogens with two attached hydrogens (primary N) is 1. The third-order valence-corrected chi connectivity index (χ3v) is 6.17. The normalized spacial score (nSPS) is 25.4. The first kappa shape index (κ1) is 14.8. The zero-order chi connectivity index (χ0) is 14.2. The van der Waals surface area contributed by atoms with Gasteiger partial charge in [-0.05, 0) is 43.9 Å². The summed E-state index contributed by atoms with van der Waals surface area (Å²) in [5, 5.41) is 0. The number of halogens is 1. The first-order valence-corrected chi connectivity index (χ1v) is 8.62. The fourth-order valence-electron chi connectivity index (χ4n) is 2.46. The molecule has 0 aromatic heterocycles. The Labute approximate surface area is 123 Å². The highest BCUT2D eigenvalue weighted by Crippen LogP contribution is 2.31. The molecule has 0 radical (unpaired) electrons. The number of nitrogen functional groups attached to an aromatic ring is 1. The molecule has 1 saturated heterocycles. The average molecular weight is 347 g/mol. The van der Waals surface area contributed by atoms with Crippen LogP contribution in [-0.2, 0) is 10.0 Å². The second-order valence-electron chi connectivity index (χ2n) is 5.29. The molecule has 0 saturated carbocycles. The first-order chi connectivity index (χ1) is 8.82. The molecule has 0 aliphatic carbocycles. The highest BCUT2D eigenvalue weighted by atomic mass is 79.9. The van der Waals surface area contributed by atoms with Crippen LogP contribution in [0.5, 0.6) is 0 Å². The Morgan fingerprint density at radius 1 is 1.32 bits per heavy atom. The van der Waals surface area contributed by atoms with Crippen molar-refractivity contribution in [2.45, 2.75) is 37.6 Å². The second kappa shape index (κ2) is 5.42. The molecule has 1 heterocycles. The lowest BCUT2D eigenvalue weighted by atomic mass is 9.97. The van der Waals surface area contributed by atoms with Crippen LogP contribution in [-0.4, -0.2) is 25.3 Å². The fourth-order valence-corrected chi connectivity index (χ4v) is 4.72. The van der Waals surface area contributed by atoms with Gasteiger partial charge in [0.2, 0.25) is 10.0 Å². The lowest BCUT2D eigenvalue weighted by molar-refractivity contribution is 0.218. The maximum atomic E-state index is 12.7. The zero-order valence-electron chi connectivity index (χ0n) is 11.1. The van der Waals surface area contributed by atoms with Crippen molar-refractivity contribution in [2.75, 3.05) is 12.3 Å². The molecule has 0 spiro atoms. The summed E-state index contributed by atoms with van der Waals surface area (Å²) in [6.07, 6.45) is 1.97. The predicted molar refractivity (Wildman–Crippen MR) is 80.3 cm³/mol. The van der Waals surface area contributed by atoms with Gasteiger partial charge in [0.25, 0.3) is 0 Å². The molecule has 2 unspecified atom stereocenters. The summed E-state index contributed by atoms with van der Waals surface area (Å²) < 4.78 is 27.8. The van der Waals surface area contributed by atoms with E-state index in [9.17, 15) is 8.42 Å². The van der Waals surface area contributed by atoms with Crippen molar-refractivity contribution in [1.82, 2.24) is 4.31 Å². The fraction of sp³-hybridized carbons (Fsp3) is 0.538. The Morgan fingerprint density at radius 3 is 2.63 bits per heavy atom. The maximum Gasteiger partial charge on any atom is 0.245 e. The average Bonchev–Trinajstić information content (AvgIpc) is 2.31. The largest absolute Gasteiger partial charge is 0.398 e. The van der Waals surface area contributed by atoms with Gasteiger partial charge in [-0.25, -0.2) is 8.42 Å². The molecule has 106 valence electrons. The van der Waals surface area contributed by atoms with Crippen molar-refractivity contribution >= 4 is 31.6 Å². The van der Waals surface area contributed by atoms with E-state index in [1.54, 1.807) is 22.5 Å². The smallest absolute Gasteiger partial charge is 0.245 e. The molecule has 1 aliphatic heterocycles. The topological polar surface area (TPSA) is 63.4 Å². The molecule has 2 N–H and O–H groups in total. The number of anilines is 1. The summed E-state index contributed by atoms with van der Waals surface area (Å²) in [6, 6.07) is 4.94. The molecule has 6 heteroatoms. The van der Waals surface area contributed by atoms with E-state index >= 15 is 0 Å². The van der Waals surface area contributed by atoms with Crippen LogP contribution in [0.25, 0.3) is 0 Å². The molecule has 4 nitrogen and oxygen atoms in total. The molecule has 1 fully saturated rings. The van der Waals surface area contributed by atoms with Gasteiger partial charge in [0.15, 0.2) is 0 Å². The van der Waals surface area contributed by atoms with Crippen molar-refractivity contribution in [3.05, 3.63) is 22.7 Å². The van der Waals surface area contributed by atoms with Gasteiger partial charge >= 0.3 is 0 Å². The van der Waals surface area contributed by atoms with Gasteiger partial charge in [-0.2, -0.15) is 4.31 Å². The third kappa shape index (κ3) is 2.95. The van der Waals surface area contributed by atoms with Gasteiger partial charge < -0.3 is 5.73 Å². The molecular weight excluding hydrogens is 328 g/mol. The Balaban J connectivity index is 2.41. The number of piperidine rings is 1. The van der Waals surface area contributed by atoms with Crippen molar-refractivity contribution < 1.29 is 8.42 Å². The molecule has 1 aromatic rings. The van der Waals surface area contributed by atoms with E-state index < -0.39 is 10.0 Å². The van der Waals surface area contributed by atoms with Crippen LogP contribution < -0.4 is 5.73 Å². The van der Waals surface area contributed by atoms with E-state index in [4.69, 9.17) is 5.73 Å². The Kier molecular flexibility index (Phi) is 4.23. The lowest BCUT2D eigenvalue weighted by Crippen LogP contribution is -2.44. The SMILES string of the molecule is CC1CCC(C)N(S(=O)(=O)c2ccc(Br)cc2N)C1. The Hall–Kier alpha value is -0.590. The number of rotatable bonds is 2. The summed E-state index contributed by atoms with van der Waals surface area (Å²) in [6.45, 7) is 4.61. The van der Waals surface area contributed by atoms with Gasteiger partial charge in [0.1, 0.15) is 4.90 Å². The first-order valence-electron chi connectivity index (χ1n) is 6.39. The standard InChI is InChI=1S/C13H19BrN2O2S/c1-9-3-4-10(2)16(8-9)19(17,18)13-6-5-11(14)7-12(13)15/h5-7,9-10H,3-4,8,15H2,1-2H3. The maximum absolute atomic E-state index is 12.7. The van der Waals surface area contributed by atoms with Crippen molar-refractivity contribution in [3.63, 3.8) is 0 Å². The zero-order valence-corrected chi connectivity index (χ0v) is 13.5. The second-order valence-corrected chi connectivity index (χ2v) is 8.06. The summed E-state index contributed by atoms with van der Waals surface area (Å²) in [4.78, 5) is 0.205. The number of nitrogens with zero attached hydrogens (tertiary/aromatic N) is 1. The molecule has 1 aromatic carbocycles. The molecule has 19 heavy (non-hydrogen) atoms. The molecule has 0 bridgehead atoms. The Bertz CT molecular complexity index is 574. The van der Waals surface area contributed by atoms with Gasteiger partial charge in [-0.3, -0.25) is 0 Å². The molecule has 2 rings (SSSR count). The molecule has 1 aliphatic rings. The van der Waals surface area contributed by atoms with Crippen LogP contribution in [0, 0.1) is 5.92 Å². The van der Waals surface area contributed by atoms with Crippen molar-refractivity contribution in [1.29, 1.82) is 0 Å². The summed E-state index contributed by atoms with van der Waals surface area (Å²) >= 11 is 3.29. The van der Waals surface area contributed by atoms with Crippen molar-refractivity contribution in [2.24, 2.45) is 5.92 Å². The third-order valence-electron chi connectivity index (χ3n) is 3.62. The lowest BCUT2D eigenvalue weighted by Gasteiger charge is -2.35. The van der Waals surface area contributed by atoms with Crippen LogP contribution in [0.2, 0.25) is 0 Å². The summed E-state index contributed by atoms with van der Waals surface area (Å²) in [5.74, 6) is 0.391. The quantitative estimate of drug-likeness (QED) is 0.837. The summed E-state index contributed by atoms with van der Waals surface area (Å²) in [7, 11) is -3.50. The van der Waals surface area contributed by atoms with E-state index in [-0.39, 0.29) is 10.9 Å². The van der Waals surface area contributed by atoms with Crippen LogP contribution in [0.1, 0.15) is 26.7 Å². The monoisotopic (exact) mass is 346 g/mol. The minimum atomic E-state index is -3.50.